The summed E-state index contributed by atoms with van der Waals surface area (Å²) in [5.74, 6) is -0.160. The number of carbonyl (C=O) groups is 1. The highest BCUT2D eigenvalue weighted by Gasteiger charge is 2.17. The average Bonchev–Trinajstić information content (AvgIpc) is 1.84. The zero-order chi connectivity index (χ0) is 11.1. The lowest BCUT2D eigenvalue weighted by Crippen LogP contribution is -2.26. The van der Waals surface area contributed by atoms with Gasteiger partial charge in [-0.05, 0) is 20.8 Å². The highest BCUT2D eigenvalue weighted by Crippen LogP contribution is 2.10. The molecule has 0 bridgehead atoms. The van der Waals surface area contributed by atoms with Gasteiger partial charge in [-0.25, -0.2) is 0 Å². The molecule has 0 aliphatic heterocycles. The minimum Gasteiger partial charge on any atom is -0.460 e. The van der Waals surface area contributed by atoms with Crippen LogP contribution in [0.15, 0.2) is 0 Å². The molecule has 0 saturated carbocycles. The number of hydrogen-bond donors (Lipinski definition) is 0. The van der Waals surface area contributed by atoms with Crippen LogP contribution in [0.25, 0.3) is 0 Å². The van der Waals surface area contributed by atoms with Gasteiger partial charge in [-0.3, -0.25) is 4.79 Å². The molecule has 0 spiro atoms. The molecule has 2 nitrogen and oxygen atoms in total. The van der Waals surface area contributed by atoms with Crippen molar-refractivity contribution >= 4 is 29.2 Å². The van der Waals surface area contributed by atoms with E-state index in [9.17, 15) is 4.79 Å². The van der Waals surface area contributed by atoms with E-state index in [0.717, 1.165) is 0 Å². The van der Waals surface area contributed by atoms with Crippen molar-refractivity contribution in [2.24, 2.45) is 5.92 Å². The largest absolute Gasteiger partial charge is 0.460 e. The lowest BCUT2D eigenvalue weighted by Gasteiger charge is -2.20. The number of carbonyl (C=O) groups excluding carboxylic acids is 1. The summed E-state index contributed by atoms with van der Waals surface area (Å²) < 4.78 is 5.06. The molecule has 0 aromatic rings. The quantitative estimate of drug-likeness (QED) is 0.508. The van der Waals surface area contributed by atoms with Crippen LogP contribution in [-0.4, -0.2) is 16.9 Å². The van der Waals surface area contributed by atoms with Crippen molar-refractivity contribution in [3.63, 3.8) is 0 Å². The second-order valence-electron chi connectivity index (χ2n) is 3.79. The van der Waals surface area contributed by atoms with Crippen LogP contribution in [0, 0.1) is 5.92 Å². The van der Waals surface area contributed by atoms with Gasteiger partial charge in [-0.1, -0.05) is 13.8 Å². The Morgan fingerprint density at radius 1 is 1.31 bits per heavy atom. The molecule has 0 aliphatic carbocycles. The molecule has 0 aromatic heterocycles. The molecule has 80 valence electrons. The highest BCUT2D eigenvalue weighted by atomic mass is 35.5. The van der Waals surface area contributed by atoms with Crippen LogP contribution < -0.4 is 0 Å². The number of halogens is 2. The third-order valence-corrected chi connectivity index (χ3v) is 0.878. The standard InChI is InChI=1S/C8H16O2.CH2Cl2/c1-6(2)7(9)10-8(3,4)5;2-1-3/h6H,1-5H3;1H2. The number of hydrogen-bond acceptors (Lipinski definition) is 2. The first-order valence-electron chi connectivity index (χ1n) is 4.09. The first kappa shape index (κ1) is 15.5. The van der Waals surface area contributed by atoms with Gasteiger partial charge in [0.15, 0.2) is 0 Å². The summed E-state index contributed by atoms with van der Waals surface area (Å²) in [6.45, 7) is 9.26. The molecule has 0 unspecified atom stereocenters. The molecule has 0 aromatic carbocycles. The Kier molecular flexibility index (Phi) is 8.90. The summed E-state index contributed by atoms with van der Waals surface area (Å²) in [6.07, 6.45) is 0. The van der Waals surface area contributed by atoms with Gasteiger partial charge in [-0.15, -0.1) is 23.2 Å². The molecule has 0 heterocycles. The van der Waals surface area contributed by atoms with E-state index >= 15 is 0 Å². The third kappa shape index (κ3) is 14.9. The van der Waals surface area contributed by atoms with Crippen molar-refractivity contribution in [1.29, 1.82) is 0 Å². The van der Waals surface area contributed by atoms with Crippen LogP contribution in [0.4, 0.5) is 0 Å². The van der Waals surface area contributed by atoms with E-state index < -0.39 is 0 Å². The fourth-order valence-corrected chi connectivity index (χ4v) is 0.420. The Morgan fingerprint density at radius 2 is 1.62 bits per heavy atom. The Balaban J connectivity index is 0. The van der Waals surface area contributed by atoms with Gasteiger partial charge in [0.05, 0.1) is 11.3 Å². The van der Waals surface area contributed by atoms with E-state index in [2.05, 4.69) is 0 Å². The van der Waals surface area contributed by atoms with E-state index in [1.165, 1.54) is 0 Å². The summed E-state index contributed by atoms with van der Waals surface area (Å²) >= 11 is 9.53. The van der Waals surface area contributed by atoms with Crippen LogP contribution in [0.1, 0.15) is 34.6 Å². The highest BCUT2D eigenvalue weighted by molar-refractivity contribution is 6.40. The molecule has 0 atom stereocenters. The van der Waals surface area contributed by atoms with Crippen molar-refractivity contribution in [3.05, 3.63) is 0 Å². The summed E-state index contributed by atoms with van der Waals surface area (Å²) in [4.78, 5) is 10.9. The van der Waals surface area contributed by atoms with Gasteiger partial charge in [0.1, 0.15) is 5.60 Å². The number of alkyl halides is 2. The normalized spacial score (nSPS) is 10.5. The van der Waals surface area contributed by atoms with Crippen molar-refractivity contribution in [1.82, 2.24) is 0 Å². The molecule has 0 amide bonds. The van der Waals surface area contributed by atoms with Crippen molar-refractivity contribution in [2.75, 3.05) is 5.34 Å². The Labute approximate surface area is 90.5 Å². The van der Waals surface area contributed by atoms with Crippen molar-refractivity contribution < 1.29 is 9.53 Å². The lowest BCUT2D eigenvalue weighted by atomic mass is 10.1. The average molecular weight is 229 g/mol. The van der Waals surface area contributed by atoms with Crippen molar-refractivity contribution in [2.45, 2.75) is 40.2 Å². The Bertz CT molecular complexity index is 139. The molecular weight excluding hydrogens is 211 g/mol. The molecule has 13 heavy (non-hydrogen) atoms. The molecule has 0 radical (unpaired) electrons. The first-order valence-corrected chi connectivity index (χ1v) is 5.16. The van der Waals surface area contributed by atoms with Crippen LogP contribution in [0.2, 0.25) is 0 Å². The van der Waals surface area contributed by atoms with Gasteiger partial charge in [0.25, 0.3) is 0 Å². The molecule has 0 rings (SSSR count). The fraction of sp³-hybridized carbons (Fsp3) is 0.889. The first-order chi connectivity index (χ1) is 5.74. The van der Waals surface area contributed by atoms with Gasteiger partial charge in [0, 0.05) is 0 Å². The summed E-state index contributed by atoms with van der Waals surface area (Å²) in [6, 6.07) is 0. The van der Waals surface area contributed by atoms with E-state index in [1.54, 1.807) is 0 Å². The van der Waals surface area contributed by atoms with Gasteiger partial charge < -0.3 is 4.74 Å². The number of rotatable bonds is 1. The summed E-state index contributed by atoms with van der Waals surface area (Å²) in [5.41, 5.74) is -0.346. The predicted octanol–water partition coefficient (Wildman–Crippen LogP) is 3.41. The molecule has 0 fully saturated rings. The van der Waals surface area contributed by atoms with Crippen LogP contribution in [-0.2, 0) is 9.53 Å². The fourth-order valence-electron chi connectivity index (χ4n) is 0.420. The lowest BCUT2D eigenvalue weighted by molar-refractivity contribution is -0.158. The second-order valence-corrected chi connectivity index (χ2v) is 4.60. The van der Waals surface area contributed by atoms with E-state index in [1.807, 2.05) is 34.6 Å². The maximum atomic E-state index is 10.9. The topological polar surface area (TPSA) is 26.3 Å². The summed E-state index contributed by atoms with van der Waals surface area (Å²) in [5, 5.41) is 0.194. The van der Waals surface area contributed by atoms with E-state index in [0.29, 0.717) is 0 Å². The van der Waals surface area contributed by atoms with E-state index in [4.69, 9.17) is 27.9 Å². The SMILES string of the molecule is CC(C)C(=O)OC(C)(C)C.ClCCl. The monoisotopic (exact) mass is 228 g/mol. The molecule has 4 heteroatoms. The smallest absolute Gasteiger partial charge is 0.308 e. The minimum absolute atomic E-state index is 0.0285. The maximum absolute atomic E-state index is 10.9. The molecule has 0 saturated heterocycles. The zero-order valence-electron chi connectivity index (χ0n) is 8.86. The maximum Gasteiger partial charge on any atom is 0.308 e. The summed E-state index contributed by atoms with van der Waals surface area (Å²) in [7, 11) is 0. The van der Waals surface area contributed by atoms with Crippen LogP contribution in [0.5, 0.6) is 0 Å². The number of esters is 1. The van der Waals surface area contributed by atoms with Gasteiger partial charge in [0.2, 0.25) is 0 Å². The number of ether oxygens (including phenoxy) is 1. The molecule has 0 aliphatic rings. The predicted molar refractivity (Wildman–Crippen MR) is 57.3 cm³/mol. The van der Waals surface area contributed by atoms with Crippen molar-refractivity contribution in [3.8, 4) is 0 Å². The third-order valence-electron chi connectivity index (χ3n) is 0.878. The van der Waals surface area contributed by atoms with Gasteiger partial charge >= 0.3 is 5.97 Å². The van der Waals surface area contributed by atoms with E-state index in [-0.39, 0.29) is 22.8 Å². The van der Waals surface area contributed by atoms with Gasteiger partial charge in [-0.2, -0.15) is 0 Å². The Morgan fingerprint density at radius 3 is 1.69 bits per heavy atom. The minimum atomic E-state index is -0.346. The van der Waals surface area contributed by atoms with Crippen LogP contribution >= 0.6 is 23.2 Å². The second kappa shape index (κ2) is 7.45. The zero-order valence-corrected chi connectivity index (χ0v) is 10.4. The molecule has 0 N–H and O–H groups in total. The molecular formula is C9H18Cl2O2. The van der Waals surface area contributed by atoms with Crippen LogP contribution in [0.3, 0.4) is 0 Å². The Hall–Kier alpha value is 0.0500.